The number of H-pyrrole nitrogens is 1. The summed E-state index contributed by atoms with van der Waals surface area (Å²) in [5.74, 6) is 0.235. The summed E-state index contributed by atoms with van der Waals surface area (Å²) in [6, 6.07) is 11.5. The van der Waals surface area contributed by atoms with Crippen LogP contribution in [-0.4, -0.2) is 21.6 Å². The lowest BCUT2D eigenvalue weighted by molar-refractivity contribution is -0.113. The summed E-state index contributed by atoms with van der Waals surface area (Å²) in [4.78, 5) is 19.7. The third-order valence-corrected chi connectivity index (χ3v) is 4.38. The van der Waals surface area contributed by atoms with Crippen molar-refractivity contribution < 1.29 is 4.79 Å². The number of rotatable bonds is 4. The van der Waals surface area contributed by atoms with Crippen molar-refractivity contribution in [1.82, 2.24) is 9.97 Å². The van der Waals surface area contributed by atoms with Gasteiger partial charge in [0.25, 0.3) is 0 Å². The number of carbonyl (C=O) groups excluding carboxylic acids is 1. The Balaban J connectivity index is 1.63. The molecule has 1 aromatic heterocycles. The summed E-state index contributed by atoms with van der Waals surface area (Å²) in [6.45, 7) is 4.02. The zero-order chi connectivity index (χ0) is 16.4. The van der Waals surface area contributed by atoms with Gasteiger partial charge < -0.3 is 10.3 Å². The summed E-state index contributed by atoms with van der Waals surface area (Å²) in [5.41, 5.74) is 4.79. The Bertz CT molecular complexity index is 855. The molecule has 0 unspecified atom stereocenters. The molecule has 1 heterocycles. The van der Waals surface area contributed by atoms with Crippen LogP contribution in [0.4, 0.5) is 5.69 Å². The summed E-state index contributed by atoms with van der Waals surface area (Å²) in [7, 11) is 0. The lowest BCUT2D eigenvalue weighted by Crippen LogP contribution is -2.14. The zero-order valence-electron chi connectivity index (χ0n) is 12.8. The first-order valence-electron chi connectivity index (χ1n) is 7.16. The molecule has 0 atom stereocenters. The van der Waals surface area contributed by atoms with Crippen molar-refractivity contribution in [2.75, 3.05) is 11.1 Å². The predicted octanol–water partition coefficient (Wildman–Crippen LogP) is 4.56. The second kappa shape index (κ2) is 6.64. The quantitative estimate of drug-likeness (QED) is 0.681. The SMILES string of the molecule is Cc1cc(C)cc(NC(=O)CSc2nc3ccc(Cl)cc3[nH]2)c1. The van der Waals surface area contributed by atoms with E-state index in [4.69, 9.17) is 11.6 Å². The average molecular weight is 346 g/mol. The molecule has 0 aliphatic carbocycles. The van der Waals surface area contributed by atoms with E-state index in [1.165, 1.54) is 11.8 Å². The molecular weight excluding hydrogens is 330 g/mol. The van der Waals surface area contributed by atoms with Crippen LogP contribution in [0, 0.1) is 13.8 Å². The Morgan fingerprint density at radius 2 is 1.96 bits per heavy atom. The van der Waals surface area contributed by atoms with Crippen LogP contribution in [0.15, 0.2) is 41.6 Å². The number of anilines is 1. The highest BCUT2D eigenvalue weighted by molar-refractivity contribution is 7.99. The van der Waals surface area contributed by atoms with Gasteiger partial charge in [-0.05, 0) is 55.3 Å². The van der Waals surface area contributed by atoms with Crippen LogP contribution in [0.3, 0.4) is 0 Å². The van der Waals surface area contributed by atoms with Gasteiger partial charge in [-0.25, -0.2) is 4.98 Å². The maximum atomic E-state index is 12.1. The number of fused-ring (bicyclic) bond motifs is 1. The molecule has 0 fully saturated rings. The molecule has 0 saturated carbocycles. The van der Waals surface area contributed by atoms with Crippen LogP contribution >= 0.6 is 23.4 Å². The Labute approximate surface area is 143 Å². The molecule has 0 spiro atoms. The number of imidazole rings is 1. The molecule has 0 aliphatic rings. The minimum absolute atomic E-state index is 0.0570. The standard InChI is InChI=1S/C17H16ClN3OS/c1-10-5-11(2)7-13(6-10)19-16(22)9-23-17-20-14-4-3-12(18)8-15(14)21-17/h3-8H,9H2,1-2H3,(H,19,22)(H,20,21). The number of carbonyl (C=O) groups is 1. The Hall–Kier alpha value is -1.98. The van der Waals surface area contributed by atoms with E-state index in [-0.39, 0.29) is 5.91 Å². The molecule has 0 bridgehead atoms. The number of thioether (sulfide) groups is 1. The molecule has 23 heavy (non-hydrogen) atoms. The minimum atomic E-state index is -0.0570. The highest BCUT2D eigenvalue weighted by atomic mass is 35.5. The first-order valence-corrected chi connectivity index (χ1v) is 8.52. The summed E-state index contributed by atoms with van der Waals surface area (Å²) in [5, 5.41) is 4.28. The molecule has 118 valence electrons. The van der Waals surface area contributed by atoms with Gasteiger partial charge >= 0.3 is 0 Å². The number of aromatic nitrogens is 2. The lowest BCUT2D eigenvalue weighted by Gasteiger charge is -2.06. The number of nitrogens with one attached hydrogen (secondary N) is 2. The number of aryl methyl sites for hydroxylation is 2. The highest BCUT2D eigenvalue weighted by Crippen LogP contribution is 2.22. The monoisotopic (exact) mass is 345 g/mol. The van der Waals surface area contributed by atoms with E-state index in [0.717, 1.165) is 27.8 Å². The first kappa shape index (κ1) is 15.9. The molecular formula is C17H16ClN3OS. The normalized spacial score (nSPS) is 10.9. The van der Waals surface area contributed by atoms with Crippen molar-refractivity contribution in [2.45, 2.75) is 19.0 Å². The summed E-state index contributed by atoms with van der Waals surface area (Å²) >= 11 is 7.32. The Morgan fingerprint density at radius 1 is 1.22 bits per heavy atom. The second-order valence-electron chi connectivity index (χ2n) is 5.42. The number of amides is 1. The molecule has 3 aromatic rings. The van der Waals surface area contributed by atoms with Crippen molar-refractivity contribution in [2.24, 2.45) is 0 Å². The van der Waals surface area contributed by atoms with Gasteiger partial charge in [-0.2, -0.15) is 0 Å². The van der Waals surface area contributed by atoms with Crippen LogP contribution in [0.1, 0.15) is 11.1 Å². The van der Waals surface area contributed by atoms with Crippen molar-refractivity contribution in [1.29, 1.82) is 0 Å². The number of nitrogens with zero attached hydrogens (tertiary/aromatic N) is 1. The van der Waals surface area contributed by atoms with Crippen LogP contribution in [0.5, 0.6) is 0 Å². The zero-order valence-corrected chi connectivity index (χ0v) is 14.4. The third-order valence-electron chi connectivity index (χ3n) is 3.27. The molecule has 2 N–H and O–H groups in total. The third kappa shape index (κ3) is 4.06. The van der Waals surface area contributed by atoms with Gasteiger partial charge in [-0.1, -0.05) is 29.4 Å². The Morgan fingerprint density at radius 3 is 2.70 bits per heavy atom. The van der Waals surface area contributed by atoms with Gasteiger partial charge in [-0.3, -0.25) is 4.79 Å². The van der Waals surface area contributed by atoms with Gasteiger partial charge in [0.2, 0.25) is 5.91 Å². The van der Waals surface area contributed by atoms with Crippen molar-refractivity contribution in [3.05, 3.63) is 52.5 Å². The molecule has 0 saturated heterocycles. The molecule has 4 nitrogen and oxygen atoms in total. The van der Waals surface area contributed by atoms with Gasteiger partial charge in [-0.15, -0.1) is 0 Å². The largest absolute Gasteiger partial charge is 0.333 e. The molecule has 0 aliphatic heterocycles. The first-order chi connectivity index (χ1) is 11.0. The maximum absolute atomic E-state index is 12.1. The minimum Gasteiger partial charge on any atom is -0.333 e. The van der Waals surface area contributed by atoms with Gasteiger partial charge in [0, 0.05) is 10.7 Å². The number of benzene rings is 2. The van der Waals surface area contributed by atoms with E-state index in [2.05, 4.69) is 21.4 Å². The fourth-order valence-corrected chi connectivity index (χ4v) is 3.26. The van der Waals surface area contributed by atoms with Crippen molar-refractivity contribution in [3.8, 4) is 0 Å². The Kier molecular flexibility index (Phi) is 4.59. The van der Waals surface area contributed by atoms with Crippen molar-refractivity contribution in [3.63, 3.8) is 0 Å². The van der Waals surface area contributed by atoms with E-state index in [9.17, 15) is 4.79 Å². The number of aromatic amines is 1. The second-order valence-corrected chi connectivity index (χ2v) is 6.82. The van der Waals surface area contributed by atoms with Gasteiger partial charge in [0.05, 0.1) is 16.8 Å². The van der Waals surface area contributed by atoms with E-state index < -0.39 is 0 Å². The smallest absolute Gasteiger partial charge is 0.234 e. The van der Waals surface area contributed by atoms with E-state index in [1.54, 1.807) is 6.07 Å². The summed E-state index contributed by atoms with van der Waals surface area (Å²) < 4.78 is 0. The number of halogens is 1. The lowest BCUT2D eigenvalue weighted by atomic mass is 10.1. The van der Waals surface area contributed by atoms with Gasteiger partial charge in [0.1, 0.15) is 0 Å². The fraction of sp³-hybridized carbons (Fsp3) is 0.176. The van der Waals surface area contributed by atoms with Crippen LogP contribution < -0.4 is 5.32 Å². The van der Waals surface area contributed by atoms with Crippen LogP contribution in [0.2, 0.25) is 5.02 Å². The molecule has 2 aromatic carbocycles. The van der Waals surface area contributed by atoms with E-state index in [0.29, 0.717) is 15.9 Å². The maximum Gasteiger partial charge on any atom is 0.234 e. The van der Waals surface area contributed by atoms with Crippen LogP contribution in [-0.2, 0) is 4.79 Å². The summed E-state index contributed by atoms with van der Waals surface area (Å²) in [6.07, 6.45) is 0. The van der Waals surface area contributed by atoms with E-state index >= 15 is 0 Å². The molecule has 0 radical (unpaired) electrons. The number of hydrogen-bond acceptors (Lipinski definition) is 3. The van der Waals surface area contributed by atoms with Gasteiger partial charge in [0.15, 0.2) is 5.16 Å². The predicted molar refractivity (Wildman–Crippen MR) is 96.4 cm³/mol. The molecule has 1 amide bonds. The highest BCUT2D eigenvalue weighted by Gasteiger charge is 2.08. The fourth-order valence-electron chi connectivity index (χ4n) is 2.40. The topological polar surface area (TPSA) is 57.8 Å². The van der Waals surface area contributed by atoms with E-state index in [1.807, 2.05) is 38.1 Å². The number of hydrogen-bond donors (Lipinski definition) is 2. The average Bonchev–Trinajstić information content (AvgIpc) is 2.86. The van der Waals surface area contributed by atoms with Crippen LogP contribution in [0.25, 0.3) is 11.0 Å². The molecule has 3 rings (SSSR count). The molecule has 6 heteroatoms. The van der Waals surface area contributed by atoms with Crippen molar-refractivity contribution >= 4 is 46.0 Å².